The minimum absolute atomic E-state index is 0.0411. The Hall–Kier alpha value is -2.63. The highest BCUT2D eigenvalue weighted by atomic mass is 16.4. The highest BCUT2D eigenvalue weighted by Gasteiger charge is 2.12. The van der Waals surface area contributed by atoms with E-state index in [1.54, 1.807) is 13.0 Å². The number of rotatable bonds is 7. The van der Waals surface area contributed by atoms with Gasteiger partial charge in [0.05, 0.1) is 12.2 Å². The largest absolute Gasteiger partial charge is 0.481 e. The molecule has 2 N–H and O–H groups in total. The van der Waals surface area contributed by atoms with Gasteiger partial charge in [-0.1, -0.05) is 12.1 Å². The Labute approximate surface area is 141 Å². The zero-order chi connectivity index (χ0) is 17.7. The van der Waals surface area contributed by atoms with Crippen molar-refractivity contribution in [1.29, 1.82) is 0 Å². The molecule has 1 aromatic heterocycles. The molecule has 1 amide bonds. The van der Waals surface area contributed by atoms with Crippen molar-refractivity contribution >= 4 is 11.9 Å². The van der Waals surface area contributed by atoms with Crippen molar-refractivity contribution in [2.75, 3.05) is 0 Å². The summed E-state index contributed by atoms with van der Waals surface area (Å²) in [6.45, 7) is 6.36. The Morgan fingerprint density at radius 1 is 1.29 bits per heavy atom. The molecule has 24 heavy (non-hydrogen) atoms. The number of carbonyl (C=O) groups excluding carboxylic acids is 1. The van der Waals surface area contributed by atoms with Gasteiger partial charge in [0.15, 0.2) is 0 Å². The van der Waals surface area contributed by atoms with E-state index in [-0.39, 0.29) is 18.4 Å². The van der Waals surface area contributed by atoms with Crippen molar-refractivity contribution in [1.82, 2.24) is 15.1 Å². The van der Waals surface area contributed by atoms with Gasteiger partial charge < -0.3 is 10.4 Å². The van der Waals surface area contributed by atoms with Crippen molar-refractivity contribution in [2.45, 2.75) is 46.2 Å². The first-order valence-corrected chi connectivity index (χ1v) is 7.98. The molecule has 0 aliphatic rings. The van der Waals surface area contributed by atoms with Crippen LogP contribution in [0.1, 0.15) is 47.1 Å². The van der Waals surface area contributed by atoms with Gasteiger partial charge in [0.1, 0.15) is 0 Å². The van der Waals surface area contributed by atoms with E-state index in [1.807, 2.05) is 42.8 Å². The smallest absolute Gasteiger partial charge is 0.303 e. The predicted molar refractivity (Wildman–Crippen MR) is 91.0 cm³/mol. The number of carbonyl (C=O) groups is 2. The van der Waals surface area contributed by atoms with Gasteiger partial charge in [-0.05, 0) is 51.0 Å². The Morgan fingerprint density at radius 3 is 2.67 bits per heavy atom. The minimum Gasteiger partial charge on any atom is -0.481 e. The molecule has 0 fully saturated rings. The van der Waals surface area contributed by atoms with Crippen LogP contribution in [0.3, 0.4) is 0 Å². The molecule has 6 nitrogen and oxygen atoms in total. The van der Waals surface area contributed by atoms with Gasteiger partial charge in [0.25, 0.3) is 5.91 Å². The summed E-state index contributed by atoms with van der Waals surface area (Å²) in [7, 11) is 0. The zero-order valence-corrected chi connectivity index (χ0v) is 14.2. The number of nitrogens with zero attached hydrogens (tertiary/aromatic N) is 2. The standard InChI is InChI=1S/C18H23N3O3/c1-12(7-8-17(22)23)19-18(24)16-6-4-5-15(10-16)11-21-14(3)9-13(2)20-21/h4-6,9-10,12H,7-8,11H2,1-3H3,(H,19,24)(H,22,23). The quantitative estimate of drug-likeness (QED) is 0.817. The molecule has 0 saturated carbocycles. The Bertz CT molecular complexity index is 737. The second-order valence-electron chi connectivity index (χ2n) is 6.09. The summed E-state index contributed by atoms with van der Waals surface area (Å²) in [5.41, 5.74) is 3.60. The lowest BCUT2D eigenvalue weighted by Crippen LogP contribution is -2.33. The number of benzene rings is 1. The molecule has 1 unspecified atom stereocenters. The maximum atomic E-state index is 12.3. The monoisotopic (exact) mass is 329 g/mol. The van der Waals surface area contributed by atoms with Crippen LogP contribution in [0.4, 0.5) is 0 Å². The van der Waals surface area contributed by atoms with Gasteiger partial charge in [0.2, 0.25) is 0 Å². The molecule has 2 aromatic rings. The topological polar surface area (TPSA) is 84.2 Å². The lowest BCUT2D eigenvalue weighted by Gasteiger charge is -2.13. The first kappa shape index (κ1) is 17.7. The van der Waals surface area contributed by atoms with Crippen LogP contribution in [0, 0.1) is 13.8 Å². The van der Waals surface area contributed by atoms with E-state index in [4.69, 9.17) is 5.11 Å². The fourth-order valence-electron chi connectivity index (χ4n) is 2.54. The van der Waals surface area contributed by atoms with Crippen LogP contribution < -0.4 is 5.32 Å². The average Bonchev–Trinajstić information content (AvgIpc) is 2.83. The maximum absolute atomic E-state index is 12.3. The van der Waals surface area contributed by atoms with Crippen molar-refractivity contribution in [2.24, 2.45) is 0 Å². The highest BCUT2D eigenvalue weighted by molar-refractivity contribution is 5.94. The summed E-state index contributed by atoms with van der Waals surface area (Å²) < 4.78 is 1.90. The Kier molecular flexibility index (Phi) is 5.73. The van der Waals surface area contributed by atoms with Crippen molar-refractivity contribution in [3.8, 4) is 0 Å². The van der Waals surface area contributed by atoms with Crippen LogP contribution in [0.2, 0.25) is 0 Å². The van der Waals surface area contributed by atoms with Crippen LogP contribution in [0.5, 0.6) is 0 Å². The normalized spacial score (nSPS) is 12.0. The molecule has 0 radical (unpaired) electrons. The summed E-state index contributed by atoms with van der Waals surface area (Å²) in [6.07, 6.45) is 0.450. The van der Waals surface area contributed by atoms with Crippen LogP contribution >= 0.6 is 0 Å². The van der Waals surface area contributed by atoms with Crippen LogP contribution in [0.15, 0.2) is 30.3 Å². The molecule has 1 heterocycles. The molecule has 1 atom stereocenters. The zero-order valence-electron chi connectivity index (χ0n) is 14.2. The fourth-order valence-corrected chi connectivity index (χ4v) is 2.54. The average molecular weight is 329 g/mol. The Morgan fingerprint density at radius 2 is 2.04 bits per heavy atom. The molecule has 0 spiro atoms. The van der Waals surface area contributed by atoms with E-state index in [2.05, 4.69) is 10.4 Å². The number of hydrogen-bond donors (Lipinski definition) is 2. The molecule has 2 rings (SSSR count). The number of hydrogen-bond acceptors (Lipinski definition) is 3. The molecule has 0 saturated heterocycles. The third kappa shape index (κ3) is 4.94. The SMILES string of the molecule is Cc1cc(C)n(Cc2cccc(C(=O)NC(C)CCC(=O)O)c2)n1. The first-order valence-electron chi connectivity index (χ1n) is 7.98. The second kappa shape index (κ2) is 7.77. The van der Waals surface area contributed by atoms with E-state index < -0.39 is 5.97 Å². The maximum Gasteiger partial charge on any atom is 0.303 e. The molecular formula is C18H23N3O3. The van der Waals surface area contributed by atoms with Gasteiger partial charge >= 0.3 is 5.97 Å². The summed E-state index contributed by atoms with van der Waals surface area (Å²) in [4.78, 5) is 22.9. The number of carboxylic acid groups (broad SMARTS) is 1. The molecule has 0 aliphatic heterocycles. The summed E-state index contributed by atoms with van der Waals surface area (Å²) >= 11 is 0. The number of carboxylic acids is 1. The van der Waals surface area contributed by atoms with Gasteiger partial charge in [-0.2, -0.15) is 5.10 Å². The van der Waals surface area contributed by atoms with E-state index in [0.717, 1.165) is 17.0 Å². The van der Waals surface area contributed by atoms with Crippen molar-refractivity contribution in [3.63, 3.8) is 0 Å². The third-order valence-electron chi connectivity index (χ3n) is 3.79. The van der Waals surface area contributed by atoms with Gasteiger partial charge in [-0.25, -0.2) is 0 Å². The highest BCUT2D eigenvalue weighted by Crippen LogP contribution is 2.10. The van der Waals surface area contributed by atoms with E-state index >= 15 is 0 Å². The molecule has 0 bridgehead atoms. The van der Waals surface area contributed by atoms with Crippen LogP contribution in [0.25, 0.3) is 0 Å². The second-order valence-corrected chi connectivity index (χ2v) is 6.09. The predicted octanol–water partition coefficient (Wildman–Crippen LogP) is 2.53. The van der Waals surface area contributed by atoms with E-state index in [1.165, 1.54) is 0 Å². The van der Waals surface area contributed by atoms with Crippen molar-refractivity contribution < 1.29 is 14.7 Å². The van der Waals surface area contributed by atoms with Crippen LogP contribution in [-0.2, 0) is 11.3 Å². The lowest BCUT2D eigenvalue weighted by atomic mass is 10.1. The molecule has 1 aromatic carbocycles. The molecular weight excluding hydrogens is 306 g/mol. The summed E-state index contributed by atoms with van der Waals surface area (Å²) in [5, 5.41) is 16.0. The van der Waals surface area contributed by atoms with E-state index in [9.17, 15) is 9.59 Å². The molecule has 6 heteroatoms. The number of aliphatic carboxylic acids is 1. The summed E-state index contributed by atoms with van der Waals surface area (Å²) in [6, 6.07) is 9.23. The van der Waals surface area contributed by atoms with Crippen LogP contribution in [-0.4, -0.2) is 32.8 Å². The first-order chi connectivity index (χ1) is 11.3. The van der Waals surface area contributed by atoms with Crippen molar-refractivity contribution in [3.05, 3.63) is 52.8 Å². The number of aryl methyl sites for hydroxylation is 2. The van der Waals surface area contributed by atoms with Gasteiger partial charge in [-0.3, -0.25) is 14.3 Å². The Balaban J connectivity index is 2.02. The molecule has 128 valence electrons. The van der Waals surface area contributed by atoms with Gasteiger partial charge in [-0.15, -0.1) is 0 Å². The lowest BCUT2D eigenvalue weighted by molar-refractivity contribution is -0.137. The number of nitrogens with one attached hydrogen (secondary N) is 1. The third-order valence-corrected chi connectivity index (χ3v) is 3.79. The van der Waals surface area contributed by atoms with Gasteiger partial charge in [0, 0.05) is 23.7 Å². The molecule has 0 aliphatic carbocycles. The number of amides is 1. The summed E-state index contributed by atoms with van der Waals surface area (Å²) in [5.74, 6) is -1.05. The number of aromatic nitrogens is 2. The fraction of sp³-hybridized carbons (Fsp3) is 0.389. The van der Waals surface area contributed by atoms with E-state index in [0.29, 0.717) is 18.5 Å². The minimum atomic E-state index is -0.858.